The number of carbonyl (C=O) groups is 1. The Morgan fingerprint density at radius 1 is 1.47 bits per heavy atom. The number of hydrogen-bond donors (Lipinski definition) is 0. The van der Waals surface area contributed by atoms with Crippen LogP contribution in [-0.4, -0.2) is 25.5 Å². The van der Waals surface area contributed by atoms with Crippen LogP contribution in [0.4, 0.5) is 0 Å². The molecule has 0 aliphatic carbocycles. The SMILES string of the molecule is Cc1nc2n(C)c(-c3cccs3)nn2c1C=O. The summed E-state index contributed by atoms with van der Waals surface area (Å²) >= 11 is 1.61. The maximum Gasteiger partial charge on any atom is 0.233 e. The number of thiophene rings is 1. The van der Waals surface area contributed by atoms with Crippen molar-refractivity contribution in [3.63, 3.8) is 0 Å². The summed E-state index contributed by atoms with van der Waals surface area (Å²) in [5, 5.41) is 6.44. The second kappa shape index (κ2) is 3.53. The van der Waals surface area contributed by atoms with Gasteiger partial charge < -0.3 is 0 Å². The van der Waals surface area contributed by atoms with E-state index < -0.39 is 0 Å². The molecular weight excluding hydrogens is 236 g/mol. The number of imidazole rings is 1. The predicted octanol–water partition coefficient (Wildman–Crippen LogP) is 1.92. The van der Waals surface area contributed by atoms with Gasteiger partial charge in [-0.15, -0.1) is 16.4 Å². The van der Waals surface area contributed by atoms with Crippen LogP contribution in [-0.2, 0) is 7.05 Å². The van der Waals surface area contributed by atoms with Gasteiger partial charge in [0.2, 0.25) is 5.78 Å². The van der Waals surface area contributed by atoms with E-state index in [2.05, 4.69) is 10.1 Å². The minimum atomic E-state index is 0.512. The summed E-state index contributed by atoms with van der Waals surface area (Å²) in [5.74, 6) is 1.51. The van der Waals surface area contributed by atoms with Gasteiger partial charge in [0.05, 0.1) is 10.6 Å². The number of aromatic nitrogens is 4. The minimum absolute atomic E-state index is 0.512. The van der Waals surface area contributed by atoms with Crippen molar-refractivity contribution in [2.24, 2.45) is 7.05 Å². The zero-order valence-corrected chi connectivity index (χ0v) is 10.2. The molecule has 0 spiro atoms. The molecule has 86 valence electrons. The van der Waals surface area contributed by atoms with Crippen LogP contribution >= 0.6 is 11.3 Å². The monoisotopic (exact) mass is 246 g/mol. The third-order valence-corrected chi connectivity index (χ3v) is 3.59. The highest BCUT2D eigenvalue weighted by atomic mass is 32.1. The molecule has 3 heterocycles. The second-order valence-corrected chi connectivity index (χ2v) is 4.72. The van der Waals surface area contributed by atoms with Crippen molar-refractivity contribution in [1.82, 2.24) is 19.2 Å². The molecule has 0 aliphatic rings. The van der Waals surface area contributed by atoms with Gasteiger partial charge in [0.1, 0.15) is 5.69 Å². The molecule has 0 amide bonds. The second-order valence-electron chi connectivity index (χ2n) is 3.77. The van der Waals surface area contributed by atoms with Gasteiger partial charge in [-0.1, -0.05) is 6.07 Å². The fraction of sp³-hybridized carbons (Fsp3) is 0.182. The van der Waals surface area contributed by atoms with Gasteiger partial charge in [-0.2, -0.15) is 4.52 Å². The molecule has 3 aromatic rings. The lowest BCUT2D eigenvalue weighted by atomic mass is 10.4. The molecule has 0 unspecified atom stereocenters. The summed E-state index contributed by atoms with van der Waals surface area (Å²) in [4.78, 5) is 16.4. The number of aryl methyl sites for hydroxylation is 2. The van der Waals surface area contributed by atoms with Gasteiger partial charge in [-0.05, 0) is 18.4 Å². The zero-order chi connectivity index (χ0) is 12.0. The highest BCUT2D eigenvalue weighted by Crippen LogP contribution is 2.24. The Balaban J connectivity index is 2.33. The number of hydrogen-bond acceptors (Lipinski definition) is 4. The average Bonchev–Trinajstić information content (AvgIpc) is 2.97. The van der Waals surface area contributed by atoms with Gasteiger partial charge >= 0.3 is 0 Å². The lowest BCUT2D eigenvalue weighted by Crippen LogP contribution is -1.93. The first-order valence-corrected chi connectivity index (χ1v) is 6.01. The van der Waals surface area contributed by atoms with Crippen molar-refractivity contribution in [3.05, 3.63) is 28.9 Å². The van der Waals surface area contributed by atoms with E-state index in [-0.39, 0.29) is 0 Å². The first-order chi connectivity index (χ1) is 8.22. The molecule has 0 atom stereocenters. The van der Waals surface area contributed by atoms with Gasteiger partial charge in [-0.3, -0.25) is 9.36 Å². The van der Waals surface area contributed by atoms with Gasteiger partial charge in [0.25, 0.3) is 0 Å². The summed E-state index contributed by atoms with van der Waals surface area (Å²) in [6, 6.07) is 3.98. The van der Waals surface area contributed by atoms with Crippen LogP contribution in [0.15, 0.2) is 17.5 Å². The average molecular weight is 246 g/mol. The van der Waals surface area contributed by atoms with Crippen molar-refractivity contribution in [2.45, 2.75) is 6.92 Å². The van der Waals surface area contributed by atoms with Crippen LogP contribution in [0.5, 0.6) is 0 Å². The van der Waals surface area contributed by atoms with Crippen LogP contribution in [0.2, 0.25) is 0 Å². The Hall–Kier alpha value is -1.95. The lowest BCUT2D eigenvalue weighted by molar-refractivity contribution is 0.111. The highest BCUT2D eigenvalue weighted by Gasteiger charge is 2.17. The van der Waals surface area contributed by atoms with E-state index in [0.29, 0.717) is 17.2 Å². The molecule has 0 bridgehead atoms. The van der Waals surface area contributed by atoms with E-state index in [4.69, 9.17) is 0 Å². The molecule has 5 nitrogen and oxygen atoms in total. The molecule has 0 aromatic carbocycles. The molecule has 17 heavy (non-hydrogen) atoms. The topological polar surface area (TPSA) is 52.2 Å². The Bertz CT molecular complexity index is 693. The third kappa shape index (κ3) is 1.34. The van der Waals surface area contributed by atoms with E-state index in [9.17, 15) is 4.79 Å². The number of carbonyl (C=O) groups excluding carboxylic acids is 1. The summed E-state index contributed by atoms with van der Waals surface area (Å²) in [5.41, 5.74) is 1.22. The standard InChI is InChI=1S/C11H10N4OS/c1-7-8(6-16)15-11(12-7)14(2)10(13-15)9-4-3-5-17-9/h3-6H,1-2H3. The van der Waals surface area contributed by atoms with Crippen molar-refractivity contribution in [2.75, 3.05) is 0 Å². The first kappa shape index (κ1) is 10.2. The highest BCUT2D eigenvalue weighted by molar-refractivity contribution is 7.13. The number of fused-ring (bicyclic) bond motifs is 1. The van der Waals surface area contributed by atoms with Crippen LogP contribution in [0.25, 0.3) is 16.5 Å². The molecule has 3 aromatic heterocycles. The Morgan fingerprint density at radius 2 is 2.29 bits per heavy atom. The summed E-state index contributed by atoms with van der Waals surface area (Å²) in [7, 11) is 1.90. The van der Waals surface area contributed by atoms with Crippen LogP contribution < -0.4 is 0 Å². The first-order valence-electron chi connectivity index (χ1n) is 5.13. The number of rotatable bonds is 2. The predicted molar refractivity (Wildman–Crippen MR) is 65.4 cm³/mol. The minimum Gasteiger partial charge on any atom is -0.296 e. The Labute approximate surface area is 101 Å². The fourth-order valence-corrected chi connectivity index (χ4v) is 2.59. The Morgan fingerprint density at radius 3 is 2.94 bits per heavy atom. The molecule has 0 N–H and O–H groups in total. The molecule has 3 rings (SSSR count). The van der Waals surface area contributed by atoms with E-state index >= 15 is 0 Å². The van der Waals surface area contributed by atoms with Crippen molar-refractivity contribution >= 4 is 23.4 Å². The molecular formula is C11H10N4OS. The maximum atomic E-state index is 11.0. The van der Waals surface area contributed by atoms with E-state index in [1.54, 1.807) is 15.9 Å². The van der Waals surface area contributed by atoms with Crippen molar-refractivity contribution in [3.8, 4) is 10.7 Å². The summed E-state index contributed by atoms with van der Waals surface area (Å²) in [6.07, 6.45) is 0.792. The van der Waals surface area contributed by atoms with Crippen LogP contribution in [0, 0.1) is 6.92 Å². The summed E-state index contributed by atoms with van der Waals surface area (Å²) < 4.78 is 3.49. The zero-order valence-electron chi connectivity index (χ0n) is 9.41. The Kier molecular flexibility index (Phi) is 2.12. The van der Waals surface area contributed by atoms with Crippen molar-refractivity contribution in [1.29, 1.82) is 0 Å². The van der Waals surface area contributed by atoms with Crippen molar-refractivity contribution < 1.29 is 4.79 Å². The van der Waals surface area contributed by atoms with E-state index in [0.717, 1.165) is 17.0 Å². The molecule has 0 saturated heterocycles. The number of nitrogens with zero attached hydrogens (tertiary/aromatic N) is 4. The summed E-state index contributed by atoms with van der Waals surface area (Å²) in [6.45, 7) is 1.81. The third-order valence-electron chi connectivity index (χ3n) is 2.72. The van der Waals surface area contributed by atoms with Gasteiger partial charge in [0.15, 0.2) is 12.1 Å². The lowest BCUT2D eigenvalue weighted by Gasteiger charge is -1.95. The van der Waals surface area contributed by atoms with Gasteiger partial charge in [0, 0.05) is 7.05 Å². The molecule has 6 heteroatoms. The largest absolute Gasteiger partial charge is 0.296 e. The van der Waals surface area contributed by atoms with Gasteiger partial charge in [-0.25, -0.2) is 4.98 Å². The van der Waals surface area contributed by atoms with Crippen LogP contribution in [0.1, 0.15) is 16.2 Å². The molecule has 0 saturated carbocycles. The maximum absolute atomic E-state index is 11.0. The quantitative estimate of drug-likeness (QED) is 0.649. The molecule has 0 aliphatic heterocycles. The fourth-order valence-electron chi connectivity index (χ4n) is 1.84. The smallest absolute Gasteiger partial charge is 0.233 e. The van der Waals surface area contributed by atoms with Crippen LogP contribution in [0.3, 0.4) is 0 Å². The van der Waals surface area contributed by atoms with E-state index in [1.165, 1.54) is 0 Å². The molecule has 0 radical (unpaired) electrons. The number of aldehydes is 1. The molecule has 0 fully saturated rings. The van der Waals surface area contributed by atoms with E-state index in [1.807, 2.05) is 36.1 Å². The normalized spacial score (nSPS) is 11.2.